The Hall–Kier alpha value is -2.09. The molecule has 0 saturated carbocycles. The van der Waals surface area contributed by atoms with Crippen LogP contribution in [0, 0.1) is 0 Å². The summed E-state index contributed by atoms with van der Waals surface area (Å²) in [7, 11) is 1.75. The minimum Gasteiger partial charge on any atom is -0.356 e. The lowest BCUT2D eigenvalue weighted by Crippen LogP contribution is -2.45. The molecule has 2 aromatic rings. The normalized spacial score (nSPS) is 17.0. The van der Waals surface area contributed by atoms with Gasteiger partial charge < -0.3 is 15.5 Å². The first kappa shape index (κ1) is 20.2. The molecule has 138 valence electrons. The quantitative estimate of drug-likeness (QED) is 0.407. The second-order valence-corrected chi connectivity index (χ2v) is 6.12. The number of benzene rings is 2. The van der Waals surface area contributed by atoms with Crippen LogP contribution >= 0.6 is 24.0 Å². The molecule has 3 rings (SSSR count). The average Bonchev–Trinajstić information content (AvgIpc) is 3.02. The van der Waals surface area contributed by atoms with E-state index >= 15 is 0 Å². The van der Waals surface area contributed by atoms with Crippen molar-refractivity contribution in [1.29, 1.82) is 0 Å². The first-order valence-corrected chi connectivity index (χ1v) is 8.63. The number of para-hydroxylation sites is 1. The van der Waals surface area contributed by atoms with Gasteiger partial charge in [0.05, 0.1) is 6.04 Å². The standard InChI is InChI=1S/C20H24N4O.HI/c1-21-20(22-13-12-16-8-4-2-5-9-16)23-17-14-19(25)24(15-17)18-10-6-3-7-11-18;/h2-11,17H,12-15H2,1H3,(H2,21,22,23);1H. The zero-order chi connectivity index (χ0) is 17.5. The minimum absolute atomic E-state index is 0. The molecule has 1 saturated heterocycles. The molecule has 1 heterocycles. The summed E-state index contributed by atoms with van der Waals surface area (Å²) in [5.74, 6) is 0.882. The zero-order valence-electron chi connectivity index (χ0n) is 14.9. The summed E-state index contributed by atoms with van der Waals surface area (Å²) in [6.07, 6.45) is 1.41. The fourth-order valence-electron chi connectivity index (χ4n) is 3.02. The van der Waals surface area contributed by atoms with Crippen LogP contribution in [0.4, 0.5) is 5.69 Å². The Bertz CT molecular complexity index is 721. The van der Waals surface area contributed by atoms with Crippen LogP contribution in [0.1, 0.15) is 12.0 Å². The molecule has 1 aliphatic rings. The van der Waals surface area contributed by atoms with E-state index in [4.69, 9.17) is 0 Å². The van der Waals surface area contributed by atoms with Crippen molar-refractivity contribution in [3.8, 4) is 0 Å². The summed E-state index contributed by atoms with van der Waals surface area (Å²) in [6.45, 7) is 1.45. The number of carbonyl (C=O) groups is 1. The Balaban J connectivity index is 0.00000243. The number of nitrogens with one attached hydrogen (secondary N) is 2. The molecular formula is C20H25IN4O. The van der Waals surface area contributed by atoms with Crippen molar-refractivity contribution in [1.82, 2.24) is 10.6 Å². The maximum Gasteiger partial charge on any atom is 0.229 e. The van der Waals surface area contributed by atoms with Gasteiger partial charge in [-0.2, -0.15) is 0 Å². The first-order valence-electron chi connectivity index (χ1n) is 8.63. The van der Waals surface area contributed by atoms with Crippen molar-refractivity contribution >= 4 is 41.5 Å². The molecule has 0 spiro atoms. The predicted octanol–water partition coefficient (Wildman–Crippen LogP) is 2.82. The predicted molar refractivity (Wildman–Crippen MR) is 117 cm³/mol. The fraction of sp³-hybridized carbons (Fsp3) is 0.300. The van der Waals surface area contributed by atoms with Crippen LogP contribution in [0.2, 0.25) is 0 Å². The van der Waals surface area contributed by atoms with Crippen molar-refractivity contribution in [2.24, 2.45) is 4.99 Å². The fourth-order valence-corrected chi connectivity index (χ4v) is 3.02. The van der Waals surface area contributed by atoms with Gasteiger partial charge >= 0.3 is 0 Å². The molecule has 0 radical (unpaired) electrons. The second kappa shape index (κ2) is 10.2. The number of amides is 1. The molecule has 1 atom stereocenters. The number of nitrogens with zero attached hydrogens (tertiary/aromatic N) is 2. The molecule has 2 aromatic carbocycles. The highest BCUT2D eigenvalue weighted by molar-refractivity contribution is 14.0. The Labute approximate surface area is 171 Å². The van der Waals surface area contributed by atoms with Crippen LogP contribution in [-0.2, 0) is 11.2 Å². The maximum atomic E-state index is 12.3. The number of halogens is 1. The van der Waals surface area contributed by atoms with E-state index in [-0.39, 0.29) is 35.9 Å². The molecule has 1 fully saturated rings. The van der Waals surface area contributed by atoms with Gasteiger partial charge in [0.1, 0.15) is 0 Å². The topological polar surface area (TPSA) is 56.7 Å². The average molecular weight is 464 g/mol. The number of hydrogen-bond acceptors (Lipinski definition) is 2. The third kappa shape index (κ3) is 5.45. The number of aliphatic imine (C=N–C) groups is 1. The highest BCUT2D eigenvalue weighted by atomic mass is 127. The van der Waals surface area contributed by atoms with Gasteiger partial charge in [0.15, 0.2) is 5.96 Å². The monoisotopic (exact) mass is 464 g/mol. The third-order valence-corrected chi connectivity index (χ3v) is 4.31. The van der Waals surface area contributed by atoms with E-state index in [1.165, 1.54) is 5.56 Å². The zero-order valence-corrected chi connectivity index (χ0v) is 17.2. The Morgan fingerprint density at radius 2 is 1.77 bits per heavy atom. The van der Waals surface area contributed by atoms with E-state index < -0.39 is 0 Å². The number of rotatable bonds is 5. The molecular weight excluding hydrogens is 439 g/mol. The summed E-state index contributed by atoms with van der Waals surface area (Å²) in [5, 5.41) is 6.68. The van der Waals surface area contributed by atoms with Crippen LogP contribution in [0.25, 0.3) is 0 Å². The Kier molecular flexibility index (Phi) is 7.90. The lowest BCUT2D eigenvalue weighted by Gasteiger charge is -2.19. The molecule has 6 heteroatoms. The molecule has 0 aromatic heterocycles. The van der Waals surface area contributed by atoms with Gasteiger partial charge in [0, 0.05) is 32.2 Å². The summed E-state index contributed by atoms with van der Waals surface area (Å²) in [5.41, 5.74) is 2.24. The van der Waals surface area contributed by atoms with Gasteiger partial charge in [-0.1, -0.05) is 48.5 Å². The summed E-state index contributed by atoms with van der Waals surface area (Å²) >= 11 is 0. The van der Waals surface area contributed by atoms with E-state index in [0.717, 1.165) is 24.6 Å². The SMILES string of the molecule is CN=C(NCCc1ccccc1)NC1CC(=O)N(c2ccccc2)C1.I. The van der Waals surface area contributed by atoms with Gasteiger partial charge in [0.25, 0.3) is 0 Å². The van der Waals surface area contributed by atoms with E-state index in [9.17, 15) is 4.79 Å². The number of carbonyl (C=O) groups excluding carboxylic acids is 1. The minimum atomic E-state index is 0. The van der Waals surface area contributed by atoms with Crippen molar-refractivity contribution in [3.63, 3.8) is 0 Å². The summed E-state index contributed by atoms with van der Waals surface area (Å²) in [6, 6.07) is 20.2. The van der Waals surface area contributed by atoms with E-state index in [0.29, 0.717) is 13.0 Å². The summed E-state index contributed by atoms with van der Waals surface area (Å²) in [4.78, 5) is 18.4. The van der Waals surface area contributed by atoms with Crippen LogP contribution < -0.4 is 15.5 Å². The summed E-state index contributed by atoms with van der Waals surface area (Å²) < 4.78 is 0. The highest BCUT2D eigenvalue weighted by Crippen LogP contribution is 2.20. The number of hydrogen-bond donors (Lipinski definition) is 2. The van der Waals surface area contributed by atoms with E-state index in [1.807, 2.05) is 53.4 Å². The third-order valence-electron chi connectivity index (χ3n) is 4.31. The first-order chi connectivity index (χ1) is 12.3. The molecule has 1 unspecified atom stereocenters. The van der Waals surface area contributed by atoms with Crippen LogP contribution in [0.15, 0.2) is 65.7 Å². The van der Waals surface area contributed by atoms with E-state index in [2.05, 4.69) is 27.8 Å². The van der Waals surface area contributed by atoms with Gasteiger partial charge in [-0.05, 0) is 24.1 Å². The van der Waals surface area contributed by atoms with Crippen LogP contribution in [0.5, 0.6) is 0 Å². The Morgan fingerprint density at radius 1 is 1.12 bits per heavy atom. The largest absolute Gasteiger partial charge is 0.356 e. The van der Waals surface area contributed by atoms with Gasteiger partial charge in [-0.25, -0.2) is 0 Å². The van der Waals surface area contributed by atoms with Crippen molar-refractivity contribution in [3.05, 3.63) is 66.2 Å². The molecule has 5 nitrogen and oxygen atoms in total. The smallest absolute Gasteiger partial charge is 0.229 e. The van der Waals surface area contributed by atoms with Crippen molar-refractivity contribution < 1.29 is 4.79 Å². The van der Waals surface area contributed by atoms with Crippen molar-refractivity contribution in [2.45, 2.75) is 18.9 Å². The Morgan fingerprint density at radius 3 is 2.42 bits per heavy atom. The van der Waals surface area contributed by atoms with Gasteiger partial charge in [0.2, 0.25) is 5.91 Å². The second-order valence-electron chi connectivity index (χ2n) is 6.12. The van der Waals surface area contributed by atoms with Crippen LogP contribution in [0.3, 0.4) is 0 Å². The molecule has 0 bridgehead atoms. The maximum absolute atomic E-state index is 12.3. The van der Waals surface area contributed by atoms with Crippen LogP contribution in [-0.4, -0.2) is 38.0 Å². The molecule has 2 N–H and O–H groups in total. The highest BCUT2D eigenvalue weighted by Gasteiger charge is 2.30. The lowest BCUT2D eigenvalue weighted by atomic mass is 10.1. The number of guanidine groups is 1. The lowest BCUT2D eigenvalue weighted by molar-refractivity contribution is -0.117. The molecule has 0 aliphatic carbocycles. The molecule has 26 heavy (non-hydrogen) atoms. The van der Waals surface area contributed by atoms with Crippen molar-refractivity contribution in [2.75, 3.05) is 25.0 Å². The number of anilines is 1. The van der Waals surface area contributed by atoms with E-state index in [1.54, 1.807) is 7.05 Å². The molecule has 1 aliphatic heterocycles. The van der Waals surface area contributed by atoms with Gasteiger partial charge in [-0.15, -0.1) is 24.0 Å². The van der Waals surface area contributed by atoms with Gasteiger partial charge in [-0.3, -0.25) is 9.79 Å². The molecule has 1 amide bonds.